The fourth-order valence-electron chi connectivity index (χ4n) is 1.88. The van der Waals surface area contributed by atoms with Gasteiger partial charge in [-0.3, -0.25) is 9.69 Å². The van der Waals surface area contributed by atoms with Crippen LogP contribution >= 0.6 is 0 Å². The number of fused-ring (bicyclic) bond motifs is 1. The van der Waals surface area contributed by atoms with Gasteiger partial charge in [-0.1, -0.05) is 0 Å². The molecular formula is C10H16N4O2. The van der Waals surface area contributed by atoms with Crippen molar-refractivity contribution < 1.29 is 9.90 Å². The second-order valence-electron chi connectivity index (χ2n) is 3.98. The first-order valence-electron chi connectivity index (χ1n) is 5.34. The van der Waals surface area contributed by atoms with Gasteiger partial charge in [0, 0.05) is 32.7 Å². The SMILES string of the molecule is CN1C(=O)C(N)CCn2nc(CCO)cc21. The summed E-state index contributed by atoms with van der Waals surface area (Å²) in [6, 6.07) is 1.37. The van der Waals surface area contributed by atoms with Gasteiger partial charge in [0.25, 0.3) is 0 Å². The molecule has 16 heavy (non-hydrogen) atoms. The van der Waals surface area contributed by atoms with Crippen LogP contribution in [0.4, 0.5) is 5.82 Å². The molecule has 6 heteroatoms. The molecular weight excluding hydrogens is 208 g/mol. The summed E-state index contributed by atoms with van der Waals surface area (Å²) in [6.07, 6.45) is 1.10. The second kappa shape index (κ2) is 4.23. The molecule has 0 aromatic carbocycles. The maximum absolute atomic E-state index is 11.8. The van der Waals surface area contributed by atoms with E-state index in [4.69, 9.17) is 10.8 Å². The van der Waals surface area contributed by atoms with Crippen molar-refractivity contribution in [3.8, 4) is 0 Å². The maximum atomic E-state index is 11.8. The number of likely N-dealkylation sites (N-methyl/N-ethyl adjacent to an activating group) is 1. The predicted molar refractivity (Wildman–Crippen MR) is 59.0 cm³/mol. The van der Waals surface area contributed by atoms with Crippen LogP contribution < -0.4 is 10.6 Å². The summed E-state index contributed by atoms with van der Waals surface area (Å²) >= 11 is 0. The van der Waals surface area contributed by atoms with E-state index in [1.807, 2.05) is 6.07 Å². The molecule has 0 fully saturated rings. The monoisotopic (exact) mass is 224 g/mol. The van der Waals surface area contributed by atoms with Gasteiger partial charge in [-0.2, -0.15) is 5.10 Å². The number of carbonyl (C=O) groups excluding carboxylic acids is 1. The summed E-state index contributed by atoms with van der Waals surface area (Å²) in [5.74, 6) is 0.663. The number of aryl methyl sites for hydroxylation is 1. The van der Waals surface area contributed by atoms with Crippen molar-refractivity contribution in [3.63, 3.8) is 0 Å². The van der Waals surface area contributed by atoms with Crippen LogP contribution in [0.3, 0.4) is 0 Å². The van der Waals surface area contributed by atoms with Crippen molar-refractivity contribution in [2.45, 2.75) is 25.4 Å². The Hall–Kier alpha value is -1.40. The molecule has 1 atom stereocenters. The molecule has 0 bridgehead atoms. The maximum Gasteiger partial charge on any atom is 0.244 e. The molecule has 6 nitrogen and oxygen atoms in total. The van der Waals surface area contributed by atoms with Crippen LogP contribution in [0.2, 0.25) is 0 Å². The van der Waals surface area contributed by atoms with Crippen molar-refractivity contribution in [1.29, 1.82) is 0 Å². The van der Waals surface area contributed by atoms with E-state index >= 15 is 0 Å². The number of hydrogen-bond acceptors (Lipinski definition) is 4. The lowest BCUT2D eigenvalue weighted by atomic mass is 10.2. The highest BCUT2D eigenvalue weighted by Gasteiger charge is 2.26. The van der Waals surface area contributed by atoms with E-state index in [2.05, 4.69) is 5.10 Å². The van der Waals surface area contributed by atoms with Gasteiger partial charge in [0.05, 0.1) is 11.7 Å². The van der Waals surface area contributed by atoms with Gasteiger partial charge >= 0.3 is 0 Å². The van der Waals surface area contributed by atoms with Crippen molar-refractivity contribution in [2.75, 3.05) is 18.6 Å². The van der Waals surface area contributed by atoms with E-state index < -0.39 is 6.04 Å². The van der Waals surface area contributed by atoms with E-state index in [1.54, 1.807) is 11.7 Å². The number of nitrogens with zero attached hydrogens (tertiary/aromatic N) is 3. The largest absolute Gasteiger partial charge is 0.396 e. The molecule has 1 aromatic rings. The van der Waals surface area contributed by atoms with E-state index in [0.717, 1.165) is 11.5 Å². The number of rotatable bonds is 2. The van der Waals surface area contributed by atoms with E-state index in [1.165, 1.54) is 4.90 Å². The highest BCUT2D eigenvalue weighted by Crippen LogP contribution is 2.20. The molecule has 0 saturated carbocycles. The Bertz CT molecular complexity index is 402. The molecule has 2 rings (SSSR count). The average molecular weight is 224 g/mol. The third-order valence-electron chi connectivity index (χ3n) is 2.82. The van der Waals surface area contributed by atoms with E-state index in [0.29, 0.717) is 19.4 Å². The zero-order chi connectivity index (χ0) is 11.7. The minimum absolute atomic E-state index is 0.0631. The van der Waals surface area contributed by atoms with Gasteiger partial charge in [-0.15, -0.1) is 0 Å². The van der Waals surface area contributed by atoms with Crippen molar-refractivity contribution >= 4 is 11.7 Å². The predicted octanol–water partition coefficient (Wildman–Crippen LogP) is -0.888. The summed E-state index contributed by atoms with van der Waals surface area (Å²) in [5.41, 5.74) is 6.53. The number of aliphatic hydroxyl groups excluding tert-OH is 1. The lowest BCUT2D eigenvalue weighted by Crippen LogP contribution is -2.40. The lowest BCUT2D eigenvalue weighted by Gasteiger charge is -2.16. The number of aromatic nitrogens is 2. The minimum Gasteiger partial charge on any atom is -0.396 e. The summed E-state index contributed by atoms with van der Waals surface area (Å²) in [7, 11) is 1.70. The van der Waals surface area contributed by atoms with Gasteiger partial charge < -0.3 is 10.8 Å². The van der Waals surface area contributed by atoms with Gasteiger partial charge in [-0.25, -0.2) is 4.68 Å². The Kier molecular flexibility index (Phi) is 2.93. The van der Waals surface area contributed by atoms with E-state index in [-0.39, 0.29) is 12.5 Å². The average Bonchev–Trinajstić information content (AvgIpc) is 2.63. The highest BCUT2D eigenvalue weighted by atomic mass is 16.3. The molecule has 0 aliphatic carbocycles. The Morgan fingerprint density at radius 3 is 3.12 bits per heavy atom. The Morgan fingerprint density at radius 2 is 2.44 bits per heavy atom. The zero-order valence-corrected chi connectivity index (χ0v) is 9.26. The van der Waals surface area contributed by atoms with Gasteiger partial charge in [0.1, 0.15) is 5.82 Å². The Labute approximate surface area is 93.6 Å². The topological polar surface area (TPSA) is 84.4 Å². The quantitative estimate of drug-likeness (QED) is 0.682. The van der Waals surface area contributed by atoms with Crippen LogP contribution in [0, 0.1) is 0 Å². The van der Waals surface area contributed by atoms with Crippen LogP contribution in [-0.2, 0) is 17.8 Å². The highest BCUT2D eigenvalue weighted by molar-refractivity contribution is 5.96. The van der Waals surface area contributed by atoms with Gasteiger partial charge in [0.15, 0.2) is 0 Å². The Morgan fingerprint density at radius 1 is 1.69 bits per heavy atom. The first-order valence-corrected chi connectivity index (χ1v) is 5.34. The molecule has 1 amide bonds. The summed E-state index contributed by atoms with van der Waals surface area (Å²) in [4.78, 5) is 13.3. The third kappa shape index (κ3) is 1.81. The molecule has 1 aliphatic rings. The Balaban J connectivity index is 2.32. The molecule has 0 saturated heterocycles. The number of aliphatic hydroxyl groups is 1. The molecule has 0 radical (unpaired) electrons. The molecule has 1 aromatic heterocycles. The fraction of sp³-hybridized carbons (Fsp3) is 0.600. The minimum atomic E-state index is -0.451. The number of nitrogens with two attached hydrogens (primary N) is 1. The molecule has 88 valence electrons. The molecule has 2 heterocycles. The number of hydrogen-bond donors (Lipinski definition) is 2. The smallest absolute Gasteiger partial charge is 0.244 e. The second-order valence-corrected chi connectivity index (χ2v) is 3.98. The fourth-order valence-corrected chi connectivity index (χ4v) is 1.88. The van der Waals surface area contributed by atoms with Crippen LogP contribution in [0.25, 0.3) is 0 Å². The van der Waals surface area contributed by atoms with Crippen LogP contribution in [0.15, 0.2) is 6.07 Å². The summed E-state index contributed by atoms with van der Waals surface area (Å²) < 4.78 is 1.77. The number of amides is 1. The standard InChI is InChI=1S/C10H16N4O2/c1-13-9-6-7(3-5-15)12-14(9)4-2-8(11)10(13)16/h6,8,15H,2-5,11H2,1H3. The molecule has 1 aliphatic heterocycles. The normalized spacial score (nSPS) is 20.8. The third-order valence-corrected chi connectivity index (χ3v) is 2.82. The van der Waals surface area contributed by atoms with Crippen molar-refractivity contribution in [3.05, 3.63) is 11.8 Å². The van der Waals surface area contributed by atoms with Crippen molar-refractivity contribution in [2.24, 2.45) is 5.73 Å². The summed E-state index contributed by atoms with van der Waals surface area (Å²) in [5, 5.41) is 13.2. The number of carbonyl (C=O) groups is 1. The van der Waals surface area contributed by atoms with Crippen molar-refractivity contribution in [1.82, 2.24) is 9.78 Å². The summed E-state index contributed by atoms with van der Waals surface area (Å²) in [6.45, 7) is 0.700. The first kappa shape index (κ1) is 11.1. The van der Waals surface area contributed by atoms with Crippen LogP contribution in [0.5, 0.6) is 0 Å². The zero-order valence-electron chi connectivity index (χ0n) is 9.26. The van der Waals surface area contributed by atoms with Gasteiger partial charge in [0.2, 0.25) is 5.91 Å². The van der Waals surface area contributed by atoms with Crippen LogP contribution in [0.1, 0.15) is 12.1 Å². The van der Waals surface area contributed by atoms with Crippen LogP contribution in [-0.4, -0.2) is 40.5 Å². The number of anilines is 1. The molecule has 1 unspecified atom stereocenters. The molecule has 3 N–H and O–H groups in total. The lowest BCUT2D eigenvalue weighted by molar-refractivity contribution is -0.119. The van der Waals surface area contributed by atoms with E-state index in [9.17, 15) is 4.79 Å². The first-order chi connectivity index (χ1) is 7.63. The molecule has 0 spiro atoms. The van der Waals surface area contributed by atoms with Gasteiger partial charge in [-0.05, 0) is 6.42 Å².